The Kier molecular flexibility index (Phi) is 4.75. The molecule has 126 valence electrons. The molecule has 0 aromatic heterocycles. The van der Waals surface area contributed by atoms with Crippen LogP contribution in [0.2, 0.25) is 0 Å². The van der Waals surface area contributed by atoms with Gasteiger partial charge in [-0.3, -0.25) is 4.79 Å². The summed E-state index contributed by atoms with van der Waals surface area (Å²) in [5, 5.41) is 2.45. The number of allylic oxidation sites excluding steroid dienone is 1. The highest BCUT2D eigenvalue weighted by molar-refractivity contribution is 5.98. The average Bonchev–Trinajstić information content (AvgIpc) is 2.56. The van der Waals surface area contributed by atoms with Crippen LogP contribution in [0.15, 0.2) is 42.5 Å². The van der Waals surface area contributed by atoms with Crippen LogP contribution >= 0.6 is 0 Å². The van der Waals surface area contributed by atoms with E-state index < -0.39 is 0 Å². The zero-order chi connectivity index (χ0) is 17.3. The molecule has 2 aromatic carbocycles. The van der Waals surface area contributed by atoms with Gasteiger partial charge in [-0.1, -0.05) is 64.1 Å². The lowest BCUT2D eigenvalue weighted by molar-refractivity contribution is -0.150. The molecule has 2 nitrogen and oxygen atoms in total. The Hall–Kier alpha value is -2.09. The number of hydrogen-bond acceptors (Lipinski definition) is 2. The first-order chi connectivity index (χ1) is 11.5. The summed E-state index contributed by atoms with van der Waals surface area (Å²) in [6, 6.07) is 12.7. The van der Waals surface area contributed by atoms with Crippen LogP contribution < -0.4 is 0 Å². The molecule has 0 saturated carbocycles. The Labute approximate surface area is 144 Å². The largest absolute Gasteiger partial charge is 0.453 e. The van der Waals surface area contributed by atoms with Gasteiger partial charge in [0.2, 0.25) is 0 Å². The van der Waals surface area contributed by atoms with Gasteiger partial charge in [0.25, 0.3) is 0 Å². The van der Waals surface area contributed by atoms with Crippen molar-refractivity contribution >= 4 is 22.3 Å². The van der Waals surface area contributed by atoms with Crippen molar-refractivity contribution in [2.24, 2.45) is 11.8 Å². The molecule has 0 radical (unpaired) electrons. The van der Waals surface area contributed by atoms with Crippen LogP contribution in [0.1, 0.15) is 57.8 Å². The second-order valence-corrected chi connectivity index (χ2v) is 7.39. The molecule has 0 aliphatic heterocycles. The van der Waals surface area contributed by atoms with E-state index >= 15 is 0 Å². The van der Waals surface area contributed by atoms with E-state index in [0.717, 1.165) is 18.4 Å². The van der Waals surface area contributed by atoms with Crippen molar-refractivity contribution in [2.45, 2.75) is 46.6 Å². The van der Waals surface area contributed by atoms with E-state index in [1.165, 1.54) is 21.9 Å². The number of carbonyl (C=O) groups is 1. The van der Waals surface area contributed by atoms with Gasteiger partial charge in [-0.25, -0.2) is 0 Å². The summed E-state index contributed by atoms with van der Waals surface area (Å²) in [5.74, 6) is 0.392. The van der Waals surface area contributed by atoms with Crippen LogP contribution in [0.25, 0.3) is 16.3 Å². The number of rotatable bonds is 5. The van der Waals surface area contributed by atoms with Gasteiger partial charge >= 0.3 is 5.97 Å². The van der Waals surface area contributed by atoms with Gasteiger partial charge in [0.15, 0.2) is 0 Å². The van der Waals surface area contributed by atoms with Crippen LogP contribution in [0.5, 0.6) is 0 Å². The van der Waals surface area contributed by atoms with E-state index in [4.69, 9.17) is 4.74 Å². The zero-order valence-corrected chi connectivity index (χ0v) is 15.0. The lowest BCUT2D eigenvalue weighted by atomic mass is 9.84. The number of hydrogen-bond donors (Lipinski definition) is 0. The summed E-state index contributed by atoms with van der Waals surface area (Å²) >= 11 is 0. The highest BCUT2D eigenvalue weighted by atomic mass is 16.5. The van der Waals surface area contributed by atoms with Crippen LogP contribution in [0, 0.1) is 11.8 Å². The Morgan fingerprint density at radius 2 is 1.79 bits per heavy atom. The molecule has 24 heavy (non-hydrogen) atoms. The molecule has 1 unspecified atom stereocenters. The fourth-order valence-corrected chi connectivity index (χ4v) is 3.26. The van der Waals surface area contributed by atoms with E-state index in [9.17, 15) is 4.79 Å². The quantitative estimate of drug-likeness (QED) is 0.639. The van der Waals surface area contributed by atoms with Crippen LogP contribution in [0.3, 0.4) is 0 Å². The normalized spacial score (nSPS) is 16.6. The SMILES string of the molecule is CC(C)CCC1=CC(OC(=O)C(C)C)c2cccc3cccc1c23. The van der Waals surface area contributed by atoms with Crippen LogP contribution in [-0.2, 0) is 9.53 Å². The minimum absolute atomic E-state index is 0.117. The molecule has 2 heteroatoms. The maximum Gasteiger partial charge on any atom is 0.309 e. The smallest absolute Gasteiger partial charge is 0.309 e. The third kappa shape index (κ3) is 3.24. The van der Waals surface area contributed by atoms with Gasteiger partial charge in [-0.15, -0.1) is 0 Å². The maximum atomic E-state index is 12.2. The van der Waals surface area contributed by atoms with Gasteiger partial charge in [-0.2, -0.15) is 0 Å². The molecule has 1 atom stereocenters. The molecule has 1 aliphatic rings. The minimum atomic E-state index is -0.277. The highest BCUT2D eigenvalue weighted by Gasteiger charge is 2.25. The van der Waals surface area contributed by atoms with Gasteiger partial charge in [-0.05, 0) is 46.7 Å². The first kappa shape index (κ1) is 16.8. The third-order valence-corrected chi connectivity index (χ3v) is 4.65. The van der Waals surface area contributed by atoms with E-state index in [-0.39, 0.29) is 18.0 Å². The van der Waals surface area contributed by atoms with Gasteiger partial charge in [0, 0.05) is 5.56 Å². The summed E-state index contributed by atoms with van der Waals surface area (Å²) in [5.41, 5.74) is 3.69. The van der Waals surface area contributed by atoms with E-state index in [1.54, 1.807) is 0 Å². The monoisotopic (exact) mass is 322 g/mol. The molecule has 0 N–H and O–H groups in total. The number of carbonyl (C=O) groups excluding carboxylic acids is 1. The summed E-state index contributed by atoms with van der Waals surface area (Å²) in [6.07, 6.45) is 4.02. The first-order valence-electron chi connectivity index (χ1n) is 8.90. The van der Waals surface area contributed by atoms with Gasteiger partial charge in [0.1, 0.15) is 6.10 Å². The topological polar surface area (TPSA) is 26.3 Å². The summed E-state index contributed by atoms with van der Waals surface area (Å²) in [6.45, 7) is 8.24. The molecule has 0 amide bonds. The molecule has 0 heterocycles. The fraction of sp³-hybridized carbons (Fsp3) is 0.409. The molecular weight excluding hydrogens is 296 g/mol. The summed E-state index contributed by atoms with van der Waals surface area (Å²) in [4.78, 5) is 12.2. The van der Waals surface area contributed by atoms with Crippen molar-refractivity contribution in [3.63, 3.8) is 0 Å². The van der Waals surface area contributed by atoms with Crippen molar-refractivity contribution < 1.29 is 9.53 Å². The van der Waals surface area contributed by atoms with E-state index in [1.807, 2.05) is 19.9 Å². The number of ether oxygens (including phenoxy) is 1. The fourth-order valence-electron chi connectivity index (χ4n) is 3.26. The van der Waals surface area contributed by atoms with E-state index in [2.05, 4.69) is 50.3 Å². The minimum Gasteiger partial charge on any atom is -0.453 e. The maximum absolute atomic E-state index is 12.2. The highest BCUT2D eigenvalue weighted by Crippen LogP contribution is 2.41. The first-order valence-corrected chi connectivity index (χ1v) is 8.90. The lowest BCUT2D eigenvalue weighted by Crippen LogP contribution is -2.17. The second-order valence-electron chi connectivity index (χ2n) is 7.39. The summed E-state index contributed by atoms with van der Waals surface area (Å²) in [7, 11) is 0. The predicted octanol–water partition coefficient (Wildman–Crippen LogP) is 5.91. The molecule has 1 aliphatic carbocycles. The van der Waals surface area contributed by atoms with Crippen molar-refractivity contribution in [3.05, 3.63) is 53.6 Å². The third-order valence-electron chi connectivity index (χ3n) is 4.65. The Morgan fingerprint density at radius 3 is 2.46 bits per heavy atom. The van der Waals surface area contributed by atoms with Gasteiger partial charge in [0.05, 0.1) is 5.92 Å². The lowest BCUT2D eigenvalue weighted by Gasteiger charge is -2.26. The van der Waals surface area contributed by atoms with Crippen molar-refractivity contribution in [1.82, 2.24) is 0 Å². The number of benzene rings is 2. The molecule has 0 saturated heterocycles. The molecule has 0 spiro atoms. The standard InChI is InChI=1S/C22H26O2/c1-14(2)11-12-17-13-20(24-22(23)15(3)4)19-10-6-8-16-7-5-9-18(17)21(16)19/h5-10,13-15,20H,11-12H2,1-4H3. The Bertz CT molecular complexity index is 778. The van der Waals surface area contributed by atoms with Crippen molar-refractivity contribution in [3.8, 4) is 0 Å². The molecular formula is C22H26O2. The van der Waals surface area contributed by atoms with Crippen molar-refractivity contribution in [1.29, 1.82) is 0 Å². The zero-order valence-electron chi connectivity index (χ0n) is 15.0. The van der Waals surface area contributed by atoms with Crippen LogP contribution in [-0.4, -0.2) is 5.97 Å². The van der Waals surface area contributed by atoms with E-state index in [0.29, 0.717) is 5.92 Å². The molecule has 3 rings (SSSR count). The van der Waals surface area contributed by atoms with Crippen LogP contribution in [0.4, 0.5) is 0 Å². The van der Waals surface area contributed by atoms with Gasteiger partial charge < -0.3 is 4.74 Å². The summed E-state index contributed by atoms with van der Waals surface area (Å²) < 4.78 is 5.82. The average molecular weight is 322 g/mol. The Balaban J connectivity index is 2.06. The predicted molar refractivity (Wildman–Crippen MR) is 99.7 cm³/mol. The molecule has 0 fully saturated rings. The van der Waals surface area contributed by atoms with Crippen molar-refractivity contribution in [2.75, 3.05) is 0 Å². The molecule has 2 aromatic rings. The molecule has 0 bridgehead atoms. The Morgan fingerprint density at radius 1 is 1.08 bits per heavy atom. The number of esters is 1. The second kappa shape index (κ2) is 6.80.